The van der Waals surface area contributed by atoms with Gasteiger partial charge in [-0.1, -0.05) is 5.16 Å². The van der Waals surface area contributed by atoms with Crippen LogP contribution in [0.25, 0.3) is 0 Å². The predicted octanol–water partition coefficient (Wildman–Crippen LogP) is 2.12. The van der Waals surface area contributed by atoms with Gasteiger partial charge in [-0.15, -0.1) is 0 Å². The lowest BCUT2D eigenvalue weighted by Crippen LogP contribution is -2.28. The summed E-state index contributed by atoms with van der Waals surface area (Å²) < 4.78 is 5.01. The Hall–Kier alpha value is -2.11. The SMILES string of the molecule is Cc1noc(C)c1C(=O)N[C@@H](C)c1c(C)n[nH]c1C. The summed E-state index contributed by atoms with van der Waals surface area (Å²) in [5, 5.41) is 13.8. The van der Waals surface area contributed by atoms with Crippen LogP contribution in [-0.2, 0) is 0 Å². The molecule has 0 fully saturated rings. The first-order chi connectivity index (χ1) is 8.91. The highest BCUT2D eigenvalue weighted by Crippen LogP contribution is 2.20. The Morgan fingerprint density at radius 2 is 1.95 bits per heavy atom. The summed E-state index contributed by atoms with van der Waals surface area (Å²) >= 11 is 0. The molecule has 19 heavy (non-hydrogen) atoms. The van der Waals surface area contributed by atoms with E-state index in [0.29, 0.717) is 17.0 Å². The van der Waals surface area contributed by atoms with E-state index in [9.17, 15) is 4.79 Å². The van der Waals surface area contributed by atoms with Crippen LogP contribution in [-0.4, -0.2) is 21.3 Å². The largest absolute Gasteiger partial charge is 0.361 e. The van der Waals surface area contributed by atoms with Crippen molar-refractivity contribution in [1.29, 1.82) is 0 Å². The van der Waals surface area contributed by atoms with Crippen molar-refractivity contribution >= 4 is 5.91 Å². The summed E-state index contributed by atoms with van der Waals surface area (Å²) in [5.74, 6) is 0.353. The van der Waals surface area contributed by atoms with Crippen molar-refractivity contribution in [2.75, 3.05) is 0 Å². The second-order valence-electron chi connectivity index (χ2n) is 4.74. The topological polar surface area (TPSA) is 83.8 Å². The zero-order valence-corrected chi connectivity index (χ0v) is 11.8. The Morgan fingerprint density at radius 3 is 2.42 bits per heavy atom. The summed E-state index contributed by atoms with van der Waals surface area (Å²) in [6.45, 7) is 9.27. The summed E-state index contributed by atoms with van der Waals surface area (Å²) in [4.78, 5) is 12.2. The minimum absolute atomic E-state index is 0.125. The van der Waals surface area contributed by atoms with E-state index in [4.69, 9.17) is 4.52 Å². The number of aryl methyl sites for hydroxylation is 4. The standard InChI is InChI=1S/C13H18N4O2/c1-6(11-7(2)15-16-8(11)3)14-13(18)12-9(4)17-19-10(12)5/h6H,1-5H3,(H,14,18)(H,15,16)/t6-/m0/s1. The van der Waals surface area contributed by atoms with Crippen LogP contribution >= 0.6 is 0 Å². The van der Waals surface area contributed by atoms with Gasteiger partial charge in [0.1, 0.15) is 11.3 Å². The first kappa shape index (κ1) is 13.3. The van der Waals surface area contributed by atoms with E-state index < -0.39 is 0 Å². The summed E-state index contributed by atoms with van der Waals surface area (Å²) in [5.41, 5.74) is 3.97. The van der Waals surface area contributed by atoms with Crippen LogP contribution in [0.1, 0.15) is 51.7 Å². The molecule has 0 aliphatic rings. The molecule has 102 valence electrons. The van der Waals surface area contributed by atoms with E-state index in [1.165, 1.54) is 0 Å². The number of nitrogens with one attached hydrogen (secondary N) is 2. The number of nitrogens with zero attached hydrogens (tertiary/aromatic N) is 2. The third-order valence-electron chi connectivity index (χ3n) is 3.23. The molecule has 0 bridgehead atoms. The fourth-order valence-electron chi connectivity index (χ4n) is 2.35. The van der Waals surface area contributed by atoms with Gasteiger partial charge in [-0.2, -0.15) is 5.10 Å². The Kier molecular flexibility index (Phi) is 3.42. The van der Waals surface area contributed by atoms with Gasteiger partial charge in [0.15, 0.2) is 0 Å². The third-order valence-corrected chi connectivity index (χ3v) is 3.23. The highest BCUT2D eigenvalue weighted by molar-refractivity contribution is 5.96. The summed E-state index contributed by atoms with van der Waals surface area (Å²) in [6, 6.07) is -0.125. The molecule has 1 atom stereocenters. The second-order valence-corrected chi connectivity index (χ2v) is 4.74. The first-order valence-corrected chi connectivity index (χ1v) is 6.17. The van der Waals surface area contributed by atoms with Crippen LogP contribution in [0.5, 0.6) is 0 Å². The molecule has 6 nitrogen and oxygen atoms in total. The number of rotatable bonds is 3. The van der Waals surface area contributed by atoms with Crippen molar-refractivity contribution < 1.29 is 9.32 Å². The number of hydrogen-bond donors (Lipinski definition) is 2. The molecule has 2 N–H and O–H groups in total. The first-order valence-electron chi connectivity index (χ1n) is 6.17. The minimum Gasteiger partial charge on any atom is -0.361 e. The number of carbonyl (C=O) groups is 1. The van der Waals surface area contributed by atoms with Crippen LogP contribution in [0.2, 0.25) is 0 Å². The molecule has 0 aliphatic heterocycles. The van der Waals surface area contributed by atoms with Crippen molar-refractivity contribution in [3.05, 3.63) is 34.0 Å². The van der Waals surface area contributed by atoms with Crippen LogP contribution in [0, 0.1) is 27.7 Å². The number of H-pyrrole nitrogens is 1. The van der Waals surface area contributed by atoms with Gasteiger partial charge in [-0.25, -0.2) is 0 Å². The number of aromatic nitrogens is 3. The van der Waals surface area contributed by atoms with E-state index in [0.717, 1.165) is 17.0 Å². The van der Waals surface area contributed by atoms with Crippen molar-refractivity contribution in [2.24, 2.45) is 0 Å². The highest BCUT2D eigenvalue weighted by Gasteiger charge is 2.21. The lowest BCUT2D eigenvalue weighted by atomic mass is 10.1. The highest BCUT2D eigenvalue weighted by atomic mass is 16.5. The van der Waals surface area contributed by atoms with E-state index >= 15 is 0 Å². The fourth-order valence-corrected chi connectivity index (χ4v) is 2.35. The maximum absolute atomic E-state index is 12.2. The molecule has 0 unspecified atom stereocenters. The number of hydrogen-bond acceptors (Lipinski definition) is 4. The third kappa shape index (κ3) is 2.38. The second kappa shape index (κ2) is 4.87. The summed E-state index contributed by atoms with van der Waals surface area (Å²) in [6.07, 6.45) is 0. The summed E-state index contributed by atoms with van der Waals surface area (Å²) in [7, 11) is 0. The molecule has 2 aromatic heterocycles. The van der Waals surface area contributed by atoms with E-state index in [1.54, 1.807) is 13.8 Å². The Bertz CT molecular complexity index is 573. The molecule has 1 amide bonds. The fraction of sp³-hybridized carbons (Fsp3) is 0.462. The molecule has 6 heteroatoms. The molecule has 2 rings (SSSR count). The Balaban J connectivity index is 2.20. The molecule has 2 aromatic rings. The van der Waals surface area contributed by atoms with Crippen LogP contribution in [0.3, 0.4) is 0 Å². The molecular formula is C13H18N4O2. The average molecular weight is 262 g/mol. The van der Waals surface area contributed by atoms with Gasteiger partial charge < -0.3 is 9.84 Å². The Morgan fingerprint density at radius 1 is 1.26 bits per heavy atom. The monoisotopic (exact) mass is 262 g/mol. The van der Waals surface area contributed by atoms with Crippen molar-refractivity contribution in [1.82, 2.24) is 20.7 Å². The van der Waals surface area contributed by atoms with Crippen LogP contribution in [0.4, 0.5) is 0 Å². The van der Waals surface area contributed by atoms with Gasteiger partial charge in [-0.3, -0.25) is 9.89 Å². The lowest BCUT2D eigenvalue weighted by molar-refractivity contribution is 0.0937. The quantitative estimate of drug-likeness (QED) is 0.887. The number of aromatic amines is 1. The smallest absolute Gasteiger partial charge is 0.257 e. The van der Waals surface area contributed by atoms with Crippen LogP contribution < -0.4 is 5.32 Å². The van der Waals surface area contributed by atoms with Crippen molar-refractivity contribution in [3.8, 4) is 0 Å². The average Bonchev–Trinajstić information content (AvgIpc) is 2.82. The molecule has 0 spiro atoms. The molecule has 0 aromatic carbocycles. The molecular weight excluding hydrogens is 244 g/mol. The van der Waals surface area contributed by atoms with E-state index in [-0.39, 0.29) is 11.9 Å². The molecule has 0 saturated heterocycles. The van der Waals surface area contributed by atoms with Crippen molar-refractivity contribution in [2.45, 2.75) is 40.7 Å². The van der Waals surface area contributed by atoms with Gasteiger partial charge in [0, 0.05) is 11.3 Å². The van der Waals surface area contributed by atoms with E-state index in [2.05, 4.69) is 20.7 Å². The predicted molar refractivity (Wildman–Crippen MR) is 69.9 cm³/mol. The Labute approximate surface area is 111 Å². The lowest BCUT2D eigenvalue weighted by Gasteiger charge is -2.14. The van der Waals surface area contributed by atoms with Gasteiger partial charge in [0.05, 0.1) is 17.4 Å². The molecule has 0 radical (unpaired) electrons. The van der Waals surface area contributed by atoms with Gasteiger partial charge in [0.25, 0.3) is 5.91 Å². The zero-order valence-electron chi connectivity index (χ0n) is 11.8. The van der Waals surface area contributed by atoms with Gasteiger partial charge >= 0.3 is 0 Å². The molecule has 0 aliphatic carbocycles. The van der Waals surface area contributed by atoms with Crippen molar-refractivity contribution in [3.63, 3.8) is 0 Å². The number of carbonyl (C=O) groups excluding carboxylic acids is 1. The maximum atomic E-state index is 12.2. The normalized spacial score (nSPS) is 12.5. The zero-order chi connectivity index (χ0) is 14.2. The van der Waals surface area contributed by atoms with Crippen LogP contribution in [0.15, 0.2) is 4.52 Å². The molecule has 0 saturated carbocycles. The minimum atomic E-state index is -0.177. The van der Waals surface area contributed by atoms with Gasteiger partial charge in [0.2, 0.25) is 0 Å². The van der Waals surface area contributed by atoms with E-state index in [1.807, 2.05) is 20.8 Å². The molecule has 2 heterocycles. The maximum Gasteiger partial charge on any atom is 0.257 e. The number of amides is 1. The van der Waals surface area contributed by atoms with Gasteiger partial charge in [-0.05, 0) is 34.6 Å².